The minimum atomic E-state index is -0.160. The zero-order chi connectivity index (χ0) is 16.8. The Morgan fingerprint density at radius 2 is 1.92 bits per heavy atom. The predicted molar refractivity (Wildman–Crippen MR) is 96.1 cm³/mol. The molecule has 1 amide bonds. The predicted octanol–water partition coefficient (Wildman–Crippen LogP) is 2.37. The van der Waals surface area contributed by atoms with Gasteiger partial charge in [-0.3, -0.25) is 9.69 Å². The molecule has 2 aromatic rings. The number of piperazine rings is 1. The van der Waals surface area contributed by atoms with Crippen LogP contribution >= 0.6 is 11.3 Å². The molecule has 24 heavy (non-hydrogen) atoms. The standard InChI is InChI=1S/C18H22FN3OS/c19-16-5-1-2-6-17(16)22-11-9-21(10-12-22)8-7-20-18(23)14-15-4-3-13-24-15/h1-6,13H,7-12,14H2,(H,20,23). The van der Waals surface area contributed by atoms with Gasteiger partial charge in [0.1, 0.15) is 5.82 Å². The van der Waals surface area contributed by atoms with Gasteiger partial charge < -0.3 is 10.2 Å². The number of para-hydroxylation sites is 1. The normalized spacial score (nSPS) is 15.5. The minimum absolute atomic E-state index is 0.0717. The lowest BCUT2D eigenvalue weighted by Gasteiger charge is -2.36. The Labute approximate surface area is 145 Å². The van der Waals surface area contributed by atoms with Crippen molar-refractivity contribution in [2.75, 3.05) is 44.2 Å². The van der Waals surface area contributed by atoms with Crippen LogP contribution in [0, 0.1) is 5.82 Å². The monoisotopic (exact) mass is 347 g/mol. The lowest BCUT2D eigenvalue weighted by Crippen LogP contribution is -2.48. The highest BCUT2D eigenvalue weighted by Crippen LogP contribution is 2.19. The Hall–Kier alpha value is -1.92. The van der Waals surface area contributed by atoms with Gasteiger partial charge in [-0.25, -0.2) is 4.39 Å². The van der Waals surface area contributed by atoms with Gasteiger partial charge in [0.05, 0.1) is 12.1 Å². The summed E-state index contributed by atoms with van der Waals surface area (Å²) in [5.41, 5.74) is 0.682. The molecule has 0 unspecified atom stereocenters. The Balaban J connectivity index is 1.37. The van der Waals surface area contributed by atoms with Crippen molar-refractivity contribution in [3.8, 4) is 0 Å². The van der Waals surface area contributed by atoms with Crippen LogP contribution in [0.25, 0.3) is 0 Å². The second-order valence-electron chi connectivity index (χ2n) is 5.89. The molecule has 0 atom stereocenters. The van der Waals surface area contributed by atoms with Crippen molar-refractivity contribution < 1.29 is 9.18 Å². The second-order valence-corrected chi connectivity index (χ2v) is 6.92. The van der Waals surface area contributed by atoms with E-state index in [-0.39, 0.29) is 11.7 Å². The largest absolute Gasteiger partial charge is 0.367 e. The molecule has 1 N–H and O–H groups in total. The Bertz CT molecular complexity index is 654. The van der Waals surface area contributed by atoms with Crippen molar-refractivity contribution in [2.45, 2.75) is 6.42 Å². The van der Waals surface area contributed by atoms with E-state index in [1.807, 2.05) is 29.6 Å². The third-order valence-electron chi connectivity index (χ3n) is 4.23. The molecule has 128 valence electrons. The average molecular weight is 347 g/mol. The van der Waals surface area contributed by atoms with Gasteiger partial charge in [-0.15, -0.1) is 11.3 Å². The lowest BCUT2D eigenvalue weighted by molar-refractivity contribution is -0.120. The molecule has 1 saturated heterocycles. The molecule has 1 aliphatic heterocycles. The summed E-state index contributed by atoms with van der Waals surface area (Å²) in [4.78, 5) is 17.3. The third kappa shape index (κ3) is 4.55. The van der Waals surface area contributed by atoms with Crippen LogP contribution in [0.1, 0.15) is 4.88 Å². The molecule has 1 aromatic heterocycles. The number of thiophene rings is 1. The van der Waals surface area contributed by atoms with Gasteiger partial charge in [-0.2, -0.15) is 0 Å². The van der Waals surface area contributed by atoms with E-state index in [2.05, 4.69) is 15.1 Å². The summed E-state index contributed by atoms with van der Waals surface area (Å²) in [5.74, 6) is -0.0887. The van der Waals surface area contributed by atoms with Gasteiger partial charge in [0.2, 0.25) is 5.91 Å². The maximum Gasteiger partial charge on any atom is 0.225 e. The molecule has 0 saturated carbocycles. The maximum absolute atomic E-state index is 13.8. The highest BCUT2D eigenvalue weighted by atomic mass is 32.1. The molecule has 0 radical (unpaired) electrons. The molecule has 1 fully saturated rings. The molecular formula is C18H22FN3OS. The number of benzene rings is 1. The third-order valence-corrected chi connectivity index (χ3v) is 5.11. The number of hydrogen-bond acceptors (Lipinski definition) is 4. The highest BCUT2D eigenvalue weighted by Gasteiger charge is 2.18. The van der Waals surface area contributed by atoms with Crippen LogP contribution in [0.15, 0.2) is 41.8 Å². The summed E-state index contributed by atoms with van der Waals surface area (Å²) in [7, 11) is 0. The summed E-state index contributed by atoms with van der Waals surface area (Å²) in [6.07, 6.45) is 0.457. The number of halogens is 1. The summed E-state index contributed by atoms with van der Waals surface area (Å²) in [6, 6.07) is 10.9. The highest BCUT2D eigenvalue weighted by molar-refractivity contribution is 7.10. The first kappa shape index (κ1) is 16.9. The number of anilines is 1. The number of carbonyl (C=O) groups is 1. The average Bonchev–Trinajstić information content (AvgIpc) is 3.09. The van der Waals surface area contributed by atoms with Gasteiger partial charge in [0.25, 0.3) is 0 Å². The number of nitrogens with one attached hydrogen (secondary N) is 1. The van der Waals surface area contributed by atoms with Crippen LogP contribution in [0.4, 0.5) is 10.1 Å². The number of hydrogen-bond donors (Lipinski definition) is 1. The summed E-state index contributed by atoms with van der Waals surface area (Å²) >= 11 is 1.60. The molecule has 4 nitrogen and oxygen atoms in total. The quantitative estimate of drug-likeness (QED) is 0.871. The van der Waals surface area contributed by atoms with Crippen LogP contribution in [-0.2, 0) is 11.2 Å². The lowest BCUT2D eigenvalue weighted by atomic mass is 10.2. The van der Waals surface area contributed by atoms with Crippen LogP contribution < -0.4 is 10.2 Å². The first-order chi connectivity index (χ1) is 11.7. The van der Waals surface area contributed by atoms with E-state index in [0.717, 1.165) is 37.6 Å². The molecular weight excluding hydrogens is 325 g/mol. The fourth-order valence-electron chi connectivity index (χ4n) is 2.91. The van der Waals surface area contributed by atoms with Crippen LogP contribution in [0.5, 0.6) is 0 Å². The van der Waals surface area contributed by atoms with Gasteiger partial charge in [-0.05, 0) is 23.6 Å². The summed E-state index contributed by atoms with van der Waals surface area (Å²) in [5, 5.41) is 4.96. The zero-order valence-corrected chi connectivity index (χ0v) is 14.4. The summed E-state index contributed by atoms with van der Waals surface area (Å²) < 4.78 is 13.8. The first-order valence-electron chi connectivity index (χ1n) is 8.23. The Morgan fingerprint density at radius 3 is 2.62 bits per heavy atom. The van der Waals surface area contributed by atoms with Crippen LogP contribution in [-0.4, -0.2) is 50.1 Å². The molecule has 3 rings (SSSR count). The fraction of sp³-hybridized carbons (Fsp3) is 0.389. The number of rotatable bonds is 6. The zero-order valence-electron chi connectivity index (χ0n) is 13.6. The van der Waals surface area contributed by atoms with E-state index in [1.54, 1.807) is 17.4 Å². The van der Waals surface area contributed by atoms with Crippen molar-refractivity contribution >= 4 is 22.9 Å². The molecule has 0 spiro atoms. The fourth-order valence-corrected chi connectivity index (χ4v) is 3.61. The Kier molecular flexibility index (Phi) is 5.82. The van der Waals surface area contributed by atoms with Crippen LogP contribution in [0.3, 0.4) is 0 Å². The molecule has 0 bridgehead atoms. The SMILES string of the molecule is O=C(Cc1cccs1)NCCN1CCN(c2ccccc2F)CC1. The van der Waals surface area contributed by atoms with Gasteiger partial charge in [0.15, 0.2) is 0 Å². The van der Waals surface area contributed by atoms with E-state index in [0.29, 0.717) is 18.7 Å². The van der Waals surface area contributed by atoms with E-state index in [9.17, 15) is 9.18 Å². The number of carbonyl (C=O) groups excluding carboxylic acids is 1. The van der Waals surface area contributed by atoms with Crippen LogP contribution in [0.2, 0.25) is 0 Å². The van der Waals surface area contributed by atoms with Crippen molar-refractivity contribution in [1.82, 2.24) is 10.2 Å². The van der Waals surface area contributed by atoms with E-state index in [4.69, 9.17) is 0 Å². The van der Waals surface area contributed by atoms with Crippen molar-refractivity contribution in [2.24, 2.45) is 0 Å². The first-order valence-corrected chi connectivity index (χ1v) is 9.11. The minimum Gasteiger partial charge on any atom is -0.367 e. The second kappa shape index (κ2) is 8.26. The van der Waals surface area contributed by atoms with E-state index in [1.165, 1.54) is 6.07 Å². The van der Waals surface area contributed by atoms with Crippen molar-refractivity contribution in [3.05, 3.63) is 52.5 Å². The van der Waals surface area contributed by atoms with Gasteiger partial charge in [0, 0.05) is 44.1 Å². The van der Waals surface area contributed by atoms with Gasteiger partial charge >= 0.3 is 0 Å². The van der Waals surface area contributed by atoms with Crippen molar-refractivity contribution in [1.29, 1.82) is 0 Å². The van der Waals surface area contributed by atoms with Gasteiger partial charge in [-0.1, -0.05) is 18.2 Å². The number of nitrogens with zero attached hydrogens (tertiary/aromatic N) is 2. The summed E-state index contributed by atoms with van der Waals surface area (Å²) in [6.45, 7) is 4.88. The molecule has 1 aliphatic rings. The molecule has 1 aromatic carbocycles. The van der Waals surface area contributed by atoms with Crippen molar-refractivity contribution in [3.63, 3.8) is 0 Å². The van der Waals surface area contributed by atoms with E-state index < -0.39 is 0 Å². The molecule has 6 heteroatoms. The number of amides is 1. The Morgan fingerprint density at radius 1 is 1.12 bits per heavy atom. The molecule has 2 heterocycles. The maximum atomic E-state index is 13.8. The van der Waals surface area contributed by atoms with E-state index >= 15 is 0 Å². The smallest absolute Gasteiger partial charge is 0.225 e. The topological polar surface area (TPSA) is 35.6 Å². The molecule has 0 aliphatic carbocycles.